The van der Waals surface area contributed by atoms with Crippen LogP contribution >= 0.6 is 23.2 Å². The first kappa shape index (κ1) is 22.1. The molecule has 1 aliphatic heterocycles. The predicted molar refractivity (Wildman–Crippen MR) is 118 cm³/mol. The molecule has 0 radical (unpaired) electrons. The van der Waals surface area contributed by atoms with Crippen molar-refractivity contribution in [1.82, 2.24) is 9.88 Å². The van der Waals surface area contributed by atoms with Crippen molar-refractivity contribution in [3.8, 4) is 0 Å². The first-order chi connectivity index (χ1) is 13.7. The first-order valence-corrected chi connectivity index (χ1v) is 10.8. The molecule has 6 heteroatoms. The van der Waals surface area contributed by atoms with Crippen molar-refractivity contribution in [1.29, 1.82) is 0 Å². The summed E-state index contributed by atoms with van der Waals surface area (Å²) in [5, 5.41) is 10.9. The second-order valence-electron chi connectivity index (χ2n) is 8.41. The Morgan fingerprint density at radius 2 is 2.07 bits per heavy atom. The van der Waals surface area contributed by atoms with Crippen LogP contribution in [0.4, 0.5) is 0 Å². The SMILES string of the molecule is CC[C@@H](Cc1cc(CN2CCC(C)(C(=O)O)C2)c(Cl)cn1)c1ccc(Cl)c(C)c1. The van der Waals surface area contributed by atoms with Crippen molar-refractivity contribution in [3.63, 3.8) is 0 Å². The quantitative estimate of drug-likeness (QED) is 0.604. The second kappa shape index (κ2) is 9.03. The molecule has 0 spiro atoms. The maximum absolute atomic E-state index is 11.5. The Hall–Kier alpha value is -1.62. The molecule has 2 heterocycles. The van der Waals surface area contributed by atoms with Gasteiger partial charge < -0.3 is 5.11 Å². The third-order valence-corrected chi connectivity index (χ3v) is 6.82. The Morgan fingerprint density at radius 3 is 2.69 bits per heavy atom. The van der Waals surface area contributed by atoms with E-state index >= 15 is 0 Å². The van der Waals surface area contributed by atoms with E-state index < -0.39 is 11.4 Å². The van der Waals surface area contributed by atoms with Crippen molar-refractivity contribution in [2.24, 2.45) is 5.41 Å². The maximum Gasteiger partial charge on any atom is 0.310 e. The minimum absolute atomic E-state index is 0.356. The van der Waals surface area contributed by atoms with Gasteiger partial charge in [-0.15, -0.1) is 0 Å². The normalized spacial score (nSPS) is 20.7. The average molecular weight is 435 g/mol. The summed E-state index contributed by atoms with van der Waals surface area (Å²) in [6.07, 6.45) is 4.21. The molecule has 2 atom stereocenters. The molecule has 1 aliphatic rings. The second-order valence-corrected chi connectivity index (χ2v) is 9.23. The van der Waals surface area contributed by atoms with Crippen LogP contribution in [0.3, 0.4) is 0 Å². The summed E-state index contributed by atoms with van der Waals surface area (Å²) in [6, 6.07) is 8.29. The molecule has 1 aromatic carbocycles. The lowest BCUT2D eigenvalue weighted by molar-refractivity contribution is -0.147. The van der Waals surface area contributed by atoms with Crippen molar-refractivity contribution in [3.05, 3.63) is 62.9 Å². The van der Waals surface area contributed by atoms with Crippen LogP contribution in [0, 0.1) is 12.3 Å². The first-order valence-electron chi connectivity index (χ1n) is 10.1. The molecule has 29 heavy (non-hydrogen) atoms. The number of nitrogens with zero attached hydrogens (tertiary/aromatic N) is 2. The van der Waals surface area contributed by atoms with Crippen LogP contribution in [0.2, 0.25) is 10.0 Å². The van der Waals surface area contributed by atoms with E-state index in [1.54, 1.807) is 6.20 Å². The smallest absolute Gasteiger partial charge is 0.310 e. The molecule has 0 bridgehead atoms. The van der Waals surface area contributed by atoms with Crippen LogP contribution in [0.15, 0.2) is 30.5 Å². The fourth-order valence-corrected chi connectivity index (χ4v) is 4.32. The Bertz CT molecular complexity index is 902. The number of aliphatic carboxylic acids is 1. The summed E-state index contributed by atoms with van der Waals surface area (Å²) in [5.74, 6) is -0.375. The number of halogens is 2. The number of hydrogen-bond acceptors (Lipinski definition) is 3. The Kier molecular flexibility index (Phi) is 6.87. The largest absolute Gasteiger partial charge is 0.481 e. The minimum atomic E-state index is -0.731. The van der Waals surface area contributed by atoms with Gasteiger partial charge in [0.25, 0.3) is 0 Å². The fraction of sp³-hybridized carbons (Fsp3) is 0.478. The van der Waals surface area contributed by atoms with Gasteiger partial charge in [-0.3, -0.25) is 14.7 Å². The molecule has 3 rings (SSSR count). The van der Waals surface area contributed by atoms with E-state index in [9.17, 15) is 9.90 Å². The molecule has 1 N–H and O–H groups in total. The van der Waals surface area contributed by atoms with Gasteiger partial charge in [0.2, 0.25) is 0 Å². The average Bonchev–Trinajstić information content (AvgIpc) is 3.07. The molecule has 1 saturated heterocycles. The summed E-state index contributed by atoms with van der Waals surface area (Å²) in [4.78, 5) is 18.2. The summed E-state index contributed by atoms with van der Waals surface area (Å²) >= 11 is 12.6. The van der Waals surface area contributed by atoms with Crippen molar-refractivity contribution in [2.75, 3.05) is 13.1 Å². The van der Waals surface area contributed by atoms with Gasteiger partial charge in [0, 0.05) is 30.0 Å². The van der Waals surface area contributed by atoms with Gasteiger partial charge in [-0.05, 0) is 74.4 Å². The Morgan fingerprint density at radius 1 is 1.31 bits per heavy atom. The van der Waals surface area contributed by atoms with Crippen molar-refractivity contribution in [2.45, 2.75) is 52.5 Å². The highest BCUT2D eigenvalue weighted by Crippen LogP contribution is 2.33. The monoisotopic (exact) mass is 434 g/mol. The van der Waals surface area contributed by atoms with Gasteiger partial charge in [0.1, 0.15) is 0 Å². The van der Waals surface area contributed by atoms with Gasteiger partial charge >= 0.3 is 5.97 Å². The number of carbonyl (C=O) groups is 1. The maximum atomic E-state index is 11.5. The number of rotatable bonds is 7. The zero-order chi connectivity index (χ0) is 21.2. The summed E-state index contributed by atoms with van der Waals surface area (Å²) in [6.45, 7) is 7.97. The zero-order valence-corrected chi connectivity index (χ0v) is 18.7. The van der Waals surface area contributed by atoms with E-state index in [-0.39, 0.29) is 0 Å². The van der Waals surface area contributed by atoms with E-state index in [4.69, 9.17) is 23.2 Å². The van der Waals surface area contributed by atoms with Crippen LogP contribution in [0.1, 0.15) is 55.0 Å². The van der Waals surface area contributed by atoms with E-state index in [1.165, 1.54) is 5.56 Å². The highest BCUT2D eigenvalue weighted by Gasteiger charge is 2.40. The lowest BCUT2D eigenvalue weighted by atomic mass is 9.90. The van der Waals surface area contributed by atoms with Crippen LogP contribution in [0.5, 0.6) is 0 Å². The standard InChI is InChI=1S/C23H28Cl2N2O2/c1-4-16(17-5-6-20(24)15(2)9-17)10-19-11-18(21(25)12-26-19)13-27-8-7-23(3,14-27)22(28)29/h5-6,9,11-12,16H,4,7-8,10,13-14H2,1-3H3,(H,28,29)/t16-,23?/m0/s1. The van der Waals surface area contributed by atoms with Gasteiger partial charge in [-0.2, -0.15) is 0 Å². The number of pyridine rings is 1. The number of carboxylic acid groups (broad SMARTS) is 1. The summed E-state index contributed by atoms with van der Waals surface area (Å²) < 4.78 is 0. The van der Waals surface area contributed by atoms with Crippen molar-refractivity contribution >= 4 is 29.2 Å². The molecular formula is C23H28Cl2N2O2. The molecule has 1 aromatic heterocycles. The third-order valence-electron chi connectivity index (χ3n) is 6.06. The van der Waals surface area contributed by atoms with Gasteiger partial charge in [0.05, 0.1) is 10.4 Å². The Labute approximate surface area is 182 Å². The number of aryl methyl sites for hydroxylation is 1. The van der Waals surface area contributed by atoms with Crippen LogP contribution in [-0.4, -0.2) is 34.0 Å². The number of likely N-dealkylation sites (tertiary alicyclic amines) is 1. The third kappa shape index (κ3) is 5.11. The molecule has 0 saturated carbocycles. The molecule has 1 fully saturated rings. The van der Waals surface area contributed by atoms with E-state index in [0.29, 0.717) is 30.5 Å². The predicted octanol–water partition coefficient (Wildman–Crippen LogP) is 5.73. The Balaban J connectivity index is 1.74. The van der Waals surface area contributed by atoms with E-state index in [0.717, 1.165) is 41.2 Å². The van der Waals surface area contributed by atoms with Crippen LogP contribution in [0.25, 0.3) is 0 Å². The fourth-order valence-electron chi connectivity index (χ4n) is 4.04. The van der Waals surface area contributed by atoms with Gasteiger partial charge in [-0.25, -0.2) is 0 Å². The lowest BCUT2D eigenvalue weighted by Crippen LogP contribution is -2.31. The molecule has 2 aromatic rings. The summed E-state index contributed by atoms with van der Waals surface area (Å²) in [5.41, 5.74) is 3.69. The molecule has 0 aliphatic carbocycles. The topological polar surface area (TPSA) is 53.4 Å². The van der Waals surface area contributed by atoms with E-state index in [2.05, 4.69) is 35.0 Å². The lowest BCUT2D eigenvalue weighted by Gasteiger charge is -2.21. The highest BCUT2D eigenvalue weighted by atomic mass is 35.5. The molecular weight excluding hydrogens is 407 g/mol. The molecule has 1 unspecified atom stereocenters. The zero-order valence-electron chi connectivity index (χ0n) is 17.2. The molecule has 4 nitrogen and oxygen atoms in total. The number of aromatic nitrogens is 1. The highest BCUT2D eigenvalue weighted by molar-refractivity contribution is 6.31. The number of carboxylic acids is 1. The van der Waals surface area contributed by atoms with Gasteiger partial charge in [0.15, 0.2) is 0 Å². The van der Waals surface area contributed by atoms with E-state index in [1.807, 2.05) is 19.9 Å². The van der Waals surface area contributed by atoms with Gasteiger partial charge in [-0.1, -0.05) is 42.3 Å². The van der Waals surface area contributed by atoms with Crippen molar-refractivity contribution < 1.29 is 9.90 Å². The molecule has 0 amide bonds. The molecule has 156 valence electrons. The number of benzene rings is 1. The van der Waals surface area contributed by atoms with Crippen LogP contribution < -0.4 is 0 Å². The van der Waals surface area contributed by atoms with Crippen LogP contribution in [-0.2, 0) is 17.8 Å². The summed E-state index contributed by atoms with van der Waals surface area (Å²) in [7, 11) is 0. The minimum Gasteiger partial charge on any atom is -0.481 e. The number of hydrogen-bond donors (Lipinski definition) is 1.